The fourth-order valence-electron chi connectivity index (χ4n) is 3.31. The second-order valence-corrected chi connectivity index (χ2v) is 7.92. The van der Waals surface area contributed by atoms with Crippen LogP contribution in [0.2, 0.25) is 0 Å². The van der Waals surface area contributed by atoms with E-state index in [1.54, 1.807) is 19.9 Å². The summed E-state index contributed by atoms with van der Waals surface area (Å²) in [6.07, 6.45) is 0.375. The van der Waals surface area contributed by atoms with E-state index >= 15 is 0 Å². The maximum atomic E-state index is 12.8. The third-order valence-electron chi connectivity index (χ3n) is 5.34. The zero-order chi connectivity index (χ0) is 23.4. The van der Waals surface area contributed by atoms with Crippen LogP contribution in [0.15, 0.2) is 53.3 Å². The maximum Gasteiger partial charge on any atom is 0.267 e. The molecule has 3 aromatic rings. The Bertz CT molecular complexity index is 1230. The van der Waals surface area contributed by atoms with E-state index in [4.69, 9.17) is 0 Å². The van der Waals surface area contributed by atoms with Crippen molar-refractivity contribution in [3.8, 4) is 11.3 Å². The van der Waals surface area contributed by atoms with Crippen molar-refractivity contribution >= 4 is 23.2 Å². The van der Waals surface area contributed by atoms with Crippen LogP contribution in [-0.2, 0) is 9.59 Å². The third kappa shape index (κ3) is 5.11. The number of aromatic nitrogens is 2. The lowest BCUT2D eigenvalue weighted by Gasteiger charge is -2.16. The predicted molar refractivity (Wildman–Crippen MR) is 127 cm³/mol. The zero-order valence-corrected chi connectivity index (χ0v) is 19.0. The van der Waals surface area contributed by atoms with Crippen LogP contribution in [0.5, 0.6) is 0 Å². The molecule has 3 rings (SSSR count). The smallest absolute Gasteiger partial charge is 0.267 e. The van der Waals surface area contributed by atoms with Crippen molar-refractivity contribution in [1.29, 1.82) is 0 Å². The van der Waals surface area contributed by atoms with Crippen LogP contribution in [0.25, 0.3) is 11.3 Å². The summed E-state index contributed by atoms with van der Waals surface area (Å²) in [5, 5.41) is 10.2. The van der Waals surface area contributed by atoms with Crippen molar-refractivity contribution in [3.63, 3.8) is 0 Å². The van der Waals surface area contributed by atoms with Gasteiger partial charge in [0.1, 0.15) is 6.04 Å². The SMILES string of the molecule is CCC(=O)Nc1cc(-c2ccc(=O)n(C(C)C(=O)Nc3ccc(C)cc3C)n2)ccc1C. The summed E-state index contributed by atoms with van der Waals surface area (Å²) >= 11 is 0. The largest absolute Gasteiger partial charge is 0.326 e. The standard InChI is InChI=1S/C25H28N4O3/c1-6-23(30)26-22-14-19(9-8-16(22)3)21-11-12-24(31)29(28-21)18(5)25(32)27-20-10-7-15(2)13-17(20)4/h7-14,18H,6H2,1-5H3,(H,26,30)(H,27,32). The molecule has 0 saturated carbocycles. The molecule has 0 bridgehead atoms. The van der Waals surface area contributed by atoms with Gasteiger partial charge in [0, 0.05) is 29.4 Å². The van der Waals surface area contributed by atoms with Crippen LogP contribution in [0.4, 0.5) is 11.4 Å². The normalized spacial score (nSPS) is 11.7. The fourth-order valence-corrected chi connectivity index (χ4v) is 3.31. The molecule has 2 aromatic carbocycles. The maximum absolute atomic E-state index is 12.8. The lowest BCUT2D eigenvalue weighted by molar-refractivity contribution is -0.119. The summed E-state index contributed by atoms with van der Waals surface area (Å²) in [5.74, 6) is -0.414. The highest BCUT2D eigenvalue weighted by Crippen LogP contribution is 2.24. The van der Waals surface area contributed by atoms with Crippen molar-refractivity contribution in [2.75, 3.05) is 10.6 Å². The highest BCUT2D eigenvalue weighted by molar-refractivity contribution is 5.94. The molecule has 0 aliphatic rings. The molecule has 0 spiro atoms. The number of rotatable bonds is 6. The molecule has 166 valence electrons. The number of hydrogen-bond acceptors (Lipinski definition) is 4. The molecule has 2 N–H and O–H groups in total. The monoisotopic (exact) mass is 432 g/mol. The molecule has 0 saturated heterocycles. The molecule has 2 amide bonds. The van der Waals surface area contributed by atoms with Gasteiger partial charge in [-0.15, -0.1) is 0 Å². The highest BCUT2D eigenvalue weighted by Gasteiger charge is 2.19. The van der Waals surface area contributed by atoms with E-state index in [9.17, 15) is 14.4 Å². The molecule has 0 fully saturated rings. The summed E-state index contributed by atoms with van der Waals surface area (Å²) in [6.45, 7) is 9.24. The lowest BCUT2D eigenvalue weighted by atomic mass is 10.1. The molecular weight excluding hydrogens is 404 g/mol. The second kappa shape index (κ2) is 9.60. The van der Waals surface area contributed by atoms with Gasteiger partial charge in [-0.25, -0.2) is 4.68 Å². The second-order valence-electron chi connectivity index (χ2n) is 7.92. The molecule has 1 heterocycles. The van der Waals surface area contributed by atoms with Gasteiger partial charge in [-0.2, -0.15) is 5.10 Å². The molecule has 7 nitrogen and oxygen atoms in total. The molecule has 0 aliphatic heterocycles. The van der Waals surface area contributed by atoms with E-state index in [1.165, 1.54) is 10.7 Å². The topological polar surface area (TPSA) is 93.1 Å². The van der Waals surface area contributed by atoms with Gasteiger partial charge in [0.2, 0.25) is 11.8 Å². The minimum atomic E-state index is -0.812. The molecule has 1 unspecified atom stereocenters. The first-order chi connectivity index (χ1) is 15.2. The Morgan fingerprint density at radius 2 is 1.69 bits per heavy atom. The van der Waals surface area contributed by atoms with E-state index in [0.29, 0.717) is 23.5 Å². The van der Waals surface area contributed by atoms with Gasteiger partial charge < -0.3 is 10.6 Å². The minimum Gasteiger partial charge on any atom is -0.326 e. The molecule has 7 heteroatoms. The number of anilines is 2. The van der Waals surface area contributed by atoms with Crippen molar-refractivity contribution in [2.45, 2.75) is 47.1 Å². The van der Waals surface area contributed by atoms with Gasteiger partial charge in [-0.3, -0.25) is 14.4 Å². The lowest BCUT2D eigenvalue weighted by Crippen LogP contribution is -2.33. The third-order valence-corrected chi connectivity index (χ3v) is 5.34. The molecule has 1 aromatic heterocycles. The van der Waals surface area contributed by atoms with Gasteiger partial charge in [0.25, 0.3) is 5.56 Å². The average molecular weight is 433 g/mol. The van der Waals surface area contributed by atoms with Gasteiger partial charge in [-0.05, 0) is 57.0 Å². The first kappa shape index (κ1) is 22.9. The van der Waals surface area contributed by atoms with E-state index < -0.39 is 6.04 Å². The number of nitrogens with zero attached hydrogens (tertiary/aromatic N) is 2. The van der Waals surface area contributed by atoms with Crippen molar-refractivity contribution in [1.82, 2.24) is 9.78 Å². The Labute approximate surface area is 187 Å². The first-order valence-corrected chi connectivity index (χ1v) is 10.6. The quantitative estimate of drug-likeness (QED) is 0.604. The number of benzene rings is 2. The Morgan fingerprint density at radius 3 is 2.38 bits per heavy atom. The predicted octanol–water partition coefficient (Wildman–Crippen LogP) is 4.38. The van der Waals surface area contributed by atoms with E-state index in [2.05, 4.69) is 15.7 Å². The molecule has 1 atom stereocenters. The average Bonchev–Trinajstić information content (AvgIpc) is 2.77. The highest BCUT2D eigenvalue weighted by atomic mass is 16.2. The molecule has 0 radical (unpaired) electrons. The number of aryl methyl sites for hydroxylation is 3. The first-order valence-electron chi connectivity index (χ1n) is 10.6. The minimum absolute atomic E-state index is 0.0835. The molecular formula is C25H28N4O3. The Balaban J connectivity index is 1.90. The zero-order valence-electron chi connectivity index (χ0n) is 19.0. The molecule has 0 aliphatic carbocycles. The molecule has 32 heavy (non-hydrogen) atoms. The van der Waals surface area contributed by atoms with Crippen LogP contribution >= 0.6 is 0 Å². The Hall–Kier alpha value is -3.74. The van der Waals surface area contributed by atoms with Crippen molar-refractivity contribution < 1.29 is 9.59 Å². The van der Waals surface area contributed by atoms with Crippen LogP contribution in [0.1, 0.15) is 43.0 Å². The van der Waals surface area contributed by atoms with E-state index in [1.807, 2.05) is 57.2 Å². The summed E-state index contributed by atoms with van der Waals surface area (Å²) in [7, 11) is 0. The van der Waals surface area contributed by atoms with Crippen LogP contribution in [0, 0.1) is 20.8 Å². The number of nitrogens with one attached hydrogen (secondary N) is 2. The summed E-state index contributed by atoms with van der Waals surface area (Å²) in [5.41, 5.74) is 5.25. The van der Waals surface area contributed by atoms with E-state index in [-0.39, 0.29) is 17.4 Å². The summed E-state index contributed by atoms with van der Waals surface area (Å²) in [6, 6.07) is 13.5. The van der Waals surface area contributed by atoms with Crippen LogP contribution in [-0.4, -0.2) is 21.6 Å². The number of hydrogen-bond donors (Lipinski definition) is 2. The van der Waals surface area contributed by atoms with Crippen LogP contribution in [0.3, 0.4) is 0 Å². The fraction of sp³-hybridized carbons (Fsp3) is 0.280. The van der Waals surface area contributed by atoms with Gasteiger partial charge >= 0.3 is 0 Å². The van der Waals surface area contributed by atoms with Gasteiger partial charge in [-0.1, -0.05) is 36.8 Å². The summed E-state index contributed by atoms with van der Waals surface area (Å²) < 4.78 is 1.18. The van der Waals surface area contributed by atoms with Gasteiger partial charge in [0.05, 0.1) is 5.69 Å². The summed E-state index contributed by atoms with van der Waals surface area (Å²) in [4.78, 5) is 37.1. The Kier molecular flexibility index (Phi) is 6.88. The van der Waals surface area contributed by atoms with E-state index in [0.717, 1.165) is 22.3 Å². The van der Waals surface area contributed by atoms with Gasteiger partial charge in [0.15, 0.2) is 0 Å². The van der Waals surface area contributed by atoms with Crippen LogP contribution < -0.4 is 16.2 Å². The Morgan fingerprint density at radius 1 is 0.938 bits per heavy atom. The number of carbonyl (C=O) groups is 2. The number of amides is 2. The van der Waals surface area contributed by atoms with Crippen molar-refractivity contribution in [2.24, 2.45) is 0 Å². The number of carbonyl (C=O) groups excluding carboxylic acids is 2. The van der Waals surface area contributed by atoms with Crippen molar-refractivity contribution in [3.05, 3.63) is 75.6 Å².